The van der Waals surface area contributed by atoms with E-state index in [9.17, 15) is 4.79 Å². The molecule has 4 rings (SSSR count). The van der Waals surface area contributed by atoms with Crippen molar-refractivity contribution in [3.63, 3.8) is 0 Å². The van der Waals surface area contributed by atoms with Crippen LogP contribution in [0.2, 0.25) is 0 Å². The standard InChI is InChI=1S/C20H27N3O/c1-15-7-8-16-13-23(14-17(16)12-15)19-18(6-5-9-21-19)20(24)22-10-3-2-4-11-22/h5-7,9,16-17H,2-4,8,10-14H2,1H3/t16-,17+/m1/s1. The normalized spacial score (nSPS) is 27.0. The molecule has 1 aromatic heterocycles. The Balaban J connectivity index is 1.55. The first-order chi connectivity index (χ1) is 11.7. The summed E-state index contributed by atoms with van der Waals surface area (Å²) in [5.41, 5.74) is 2.31. The average Bonchev–Trinajstić information content (AvgIpc) is 3.05. The molecule has 1 aliphatic carbocycles. The maximum atomic E-state index is 13.0. The predicted molar refractivity (Wildman–Crippen MR) is 96.2 cm³/mol. The fourth-order valence-corrected chi connectivity index (χ4v) is 4.54. The molecule has 0 aromatic carbocycles. The molecule has 3 aliphatic rings. The zero-order valence-corrected chi connectivity index (χ0v) is 14.6. The minimum absolute atomic E-state index is 0.168. The summed E-state index contributed by atoms with van der Waals surface area (Å²) >= 11 is 0. The van der Waals surface area contributed by atoms with Crippen LogP contribution in [0.25, 0.3) is 0 Å². The molecular formula is C20H27N3O. The molecule has 0 spiro atoms. The number of piperidine rings is 1. The van der Waals surface area contributed by atoms with Crippen LogP contribution in [0.1, 0.15) is 49.4 Å². The molecule has 0 bridgehead atoms. The van der Waals surface area contributed by atoms with Gasteiger partial charge in [-0.05, 0) is 63.0 Å². The predicted octanol–water partition coefficient (Wildman–Crippen LogP) is 3.50. The molecule has 0 unspecified atom stereocenters. The highest BCUT2D eigenvalue weighted by molar-refractivity contribution is 5.99. The third-order valence-electron chi connectivity index (χ3n) is 5.89. The van der Waals surface area contributed by atoms with Crippen LogP contribution in [-0.4, -0.2) is 42.0 Å². The van der Waals surface area contributed by atoms with Gasteiger partial charge in [0, 0.05) is 32.4 Å². The number of carbonyl (C=O) groups is 1. The van der Waals surface area contributed by atoms with Crippen molar-refractivity contribution in [3.05, 3.63) is 35.5 Å². The van der Waals surface area contributed by atoms with Gasteiger partial charge in [-0.2, -0.15) is 0 Å². The zero-order chi connectivity index (χ0) is 16.5. The number of aromatic nitrogens is 1. The van der Waals surface area contributed by atoms with E-state index in [0.717, 1.165) is 56.3 Å². The number of fused-ring (bicyclic) bond motifs is 1. The Bertz CT molecular complexity index is 648. The number of pyridine rings is 1. The molecule has 0 N–H and O–H groups in total. The Labute approximate surface area is 144 Å². The first-order valence-corrected chi connectivity index (χ1v) is 9.37. The molecule has 0 saturated carbocycles. The van der Waals surface area contributed by atoms with Crippen LogP contribution in [0.4, 0.5) is 5.82 Å². The third kappa shape index (κ3) is 2.94. The van der Waals surface area contributed by atoms with Crippen molar-refractivity contribution in [1.29, 1.82) is 0 Å². The van der Waals surface area contributed by atoms with E-state index in [0.29, 0.717) is 5.92 Å². The van der Waals surface area contributed by atoms with Crippen molar-refractivity contribution >= 4 is 11.7 Å². The molecule has 3 heterocycles. The number of rotatable bonds is 2. The number of likely N-dealkylation sites (tertiary alicyclic amines) is 1. The minimum Gasteiger partial charge on any atom is -0.355 e. The lowest BCUT2D eigenvalue weighted by Gasteiger charge is -2.28. The molecule has 4 heteroatoms. The summed E-state index contributed by atoms with van der Waals surface area (Å²) in [7, 11) is 0. The third-order valence-corrected chi connectivity index (χ3v) is 5.89. The van der Waals surface area contributed by atoms with Crippen LogP contribution in [-0.2, 0) is 0 Å². The largest absolute Gasteiger partial charge is 0.355 e. The topological polar surface area (TPSA) is 36.4 Å². The zero-order valence-electron chi connectivity index (χ0n) is 14.6. The van der Waals surface area contributed by atoms with Crippen LogP contribution in [0.5, 0.6) is 0 Å². The quantitative estimate of drug-likeness (QED) is 0.781. The molecule has 1 aromatic rings. The Kier molecular flexibility index (Phi) is 4.30. The van der Waals surface area contributed by atoms with Crippen molar-refractivity contribution in [1.82, 2.24) is 9.88 Å². The summed E-state index contributed by atoms with van der Waals surface area (Å²) in [6, 6.07) is 3.86. The van der Waals surface area contributed by atoms with E-state index in [2.05, 4.69) is 22.9 Å². The Morgan fingerprint density at radius 3 is 2.79 bits per heavy atom. The second-order valence-corrected chi connectivity index (χ2v) is 7.64. The van der Waals surface area contributed by atoms with E-state index in [1.54, 1.807) is 0 Å². The van der Waals surface area contributed by atoms with Gasteiger partial charge in [0.2, 0.25) is 0 Å². The number of anilines is 1. The number of nitrogens with zero attached hydrogens (tertiary/aromatic N) is 3. The second-order valence-electron chi connectivity index (χ2n) is 7.64. The van der Waals surface area contributed by atoms with E-state index in [4.69, 9.17) is 0 Å². The van der Waals surface area contributed by atoms with Crippen LogP contribution in [0, 0.1) is 11.8 Å². The summed E-state index contributed by atoms with van der Waals surface area (Å²) in [4.78, 5) is 22.0. The van der Waals surface area contributed by atoms with E-state index in [1.807, 2.05) is 23.2 Å². The fraction of sp³-hybridized carbons (Fsp3) is 0.600. The van der Waals surface area contributed by atoms with E-state index < -0.39 is 0 Å². The number of hydrogen-bond donors (Lipinski definition) is 0. The Morgan fingerprint density at radius 1 is 1.17 bits per heavy atom. The van der Waals surface area contributed by atoms with Gasteiger partial charge in [-0.15, -0.1) is 0 Å². The summed E-state index contributed by atoms with van der Waals surface area (Å²) in [5.74, 6) is 2.51. The van der Waals surface area contributed by atoms with Gasteiger partial charge in [0.1, 0.15) is 5.82 Å². The first-order valence-electron chi connectivity index (χ1n) is 9.37. The molecule has 2 saturated heterocycles. The molecule has 2 atom stereocenters. The van der Waals surface area contributed by atoms with Crippen molar-refractivity contribution in [2.75, 3.05) is 31.1 Å². The van der Waals surface area contributed by atoms with Gasteiger partial charge in [-0.1, -0.05) is 11.6 Å². The van der Waals surface area contributed by atoms with E-state index >= 15 is 0 Å². The monoisotopic (exact) mass is 325 g/mol. The Hall–Kier alpha value is -1.84. The van der Waals surface area contributed by atoms with Gasteiger partial charge in [0.25, 0.3) is 5.91 Å². The van der Waals surface area contributed by atoms with Crippen LogP contribution in [0.3, 0.4) is 0 Å². The minimum atomic E-state index is 0.168. The lowest BCUT2D eigenvalue weighted by Crippen LogP contribution is -2.37. The molecule has 4 nitrogen and oxygen atoms in total. The van der Waals surface area contributed by atoms with Crippen LogP contribution < -0.4 is 4.90 Å². The van der Waals surface area contributed by atoms with Gasteiger partial charge in [-0.3, -0.25) is 4.79 Å². The smallest absolute Gasteiger partial charge is 0.257 e. The number of allylic oxidation sites excluding steroid dienone is 2. The number of carbonyl (C=O) groups excluding carboxylic acids is 1. The SMILES string of the molecule is CC1=CC[C@@H]2CN(c3ncccc3C(=O)N3CCCCC3)C[C@@H]2C1. The van der Waals surface area contributed by atoms with Crippen molar-refractivity contribution in [3.8, 4) is 0 Å². The first kappa shape index (κ1) is 15.7. The lowest BCUT2D eigenvalue weighted by molar-refractivity contribution is 0.0724. The highest BCUT2D eigenvalue weighted by atomic mass is 16.2. The summed E-state index contributed by atoms with van der Waals surface area (Å²) in [6.07, 6.45) is 10.1. The summed E-state index contributed by atoms with van der Waals surface area (Å²) in [6.45, 7) is 6.09. The average molecular weight is 325 g/mol. The van der Waals surface area contributed by atoms with Crippen molar-refractivity contribution < 1.29 is 4.79 Å². The fourth-order valence-electron chi connectivity index (χ4n) is 4.54. The van der Waals surface area contributed by atoms with E-state index in [-0.39, 0.29) is 5.91 Å². The molecule has 2 aliphatic heterocycles. The van der Waals surface area contributed by atoms with Gasteiger partial charge < -0.3 is 9.80 Å². The van der Waals surface area contributed by atoms with Gasteiger partial charge >= 0.3 is 0 Å². The second kappa shape index (κ2) is 6.58. The number of hydrogen-bond acceptors (Lipinski definition) is 3. The molecule has 128 valence electrons. The molecule has 0 radical (unpaired) electrons. The highest BCUT2D eigenvalue weighted by Crippen LogP contribution is 2.38. The van der Waals surface area contributed by atoms with Crippen LogP contribution in [0.15, 0.2) is 30.0 Å². The molecule has 24 heavy (non-hydrogen) atoms. The maximum Gasteiger partial charge on any atom is 0.257 e. The summed E-state index contributed by atoms with van der Waals surface area (Å²) in [5, 5.41) is 0. The van der Waals surface area contributed by atoms with Crippen LogP contribution >= 0.6 is 0 Å². The lowest BCUT2D eigenvalue weighted by atomic mass is 9.83. The molecule has 2 fully saturated rings. The number of amides is 1. The van der Waals surface area contributed by atoms with Gasteiger partial charge in [-0.25, -0.2) is 4.98 Å². The highest BCUT2D eigenvalue weighted by Gasteiger charge is 2.36. The van der Waals surface area contributed by atoms with Crippen molar-refractivity contribution in [2.24, 2.45) is 11.8 Å². The molecular weight excluding hydrogens is 298 g/mol. The van der Waals surface area contributed by atoms with E-state index in [1.165, 1.54) is 24.8 Å². The van der Waals surface area contributed by atoms with Crippen molar-refractivity contribution in [2.45, 2.75) is 39.0 Å². The molecule has 1 amide bonds. The van der Waals surface area contributed by atoms with Gasteiger partial charge in [0.15, 0.2) is 0 Å². The van der Waals surface area contributed by atoms with Gasteiger partial charge in [0.05, 0.1) is 5.56 Å². The maximum absolute atomic E-state index is 13.0. The Morgan fingerprint density at radius 2 is 1.96 bits per heavy atom. The summed E-state index contributed by atoms with van der Waals surface area (Å²) < 4.78 is 0.